The number of ether oxygens (including phenoxy) is 1. The number of hydrogen-bond donors (Lipinski definition) is 0. The molecule has 0 fully saturated rings. The van der Waals surface area contributed by atoms with Gasteiger partial charge in [0.15, 0.2) is 0 Å². The molecule has 1 unspecified atom stereocenters. The minimum atomic E-state index is -1.55. The maximum absolute atomic E-state index is 12.1. The van der Waals surface area contributed by atoms with Gasteiger partial charge in [-0.15, -0.1) is 0 Å². The van der Waals surface area contributed by atoms with E-state index in [2.05, 4.69) is 11.3 Å². The van der Waals surface area contributed by atoms with Crippen LogP contribution in [-0.4, -0.2) is 12.3 Å². The third kappa shape index (κ3) is 4.53. The highest BCUT2D eigenvalue weighted by Crippen LogP contribution is 2.05. The van der Waals surface area contributed by atoms with Crippen LogP contribution >= 0.6 is 0 Å². The molecule has 0 N–H and O–H groups in total. The Balaban J connectivity index is 3.74. The molecule has 0 aliphatic heterocycles. The van der Waals surface area contributed by atoms with Crippen molar-refractivity contribution in [2.75, 3.05) is 0 Å². The number of carbonyl (C=O) groups is 1. The largest absolute Gasteiger partial charge is 0.428 e. The van der Waals surface area contributed by atoms with E-state index in [1.165, 1.54) is 0 Å². The molecule has 0 radical (unpaired) electrons. The molecule has 0 aromatic rings. The number of rotatable bonds is 4. The van der Waals surface area contributed by atoms with Crippen LogP contribution in [-0.2, 0) is 9.53 Å². The van der Waals surface area contributed by atoms with Gasteiger partial charge >= 0.3 is 5.97 Å². The normalized spacial score (nSPS) is 12.3. The van der Waals surface area contributed by atoms with Crippen molar-refractivity contribution in [3.8, 4) is 0 Å². The predicted octanol–water partition coefficient (Wildman–Crippen LogP) is 2.20. The molecule has 11 heavy (non-hydrogen) atoms. The van der Waals surface area contributed by atoms with E-state index < -0.39 is 12.3 Å². The van der Waals surface area contributed by atoms with Crippen molar-refractivity contribution in [2.24, 2.45) is 0 Å². The summed E-state index contributed by atoms with van der Waals surface area (Å²) in [5, 5.41) is 0. The van der Waals surface area contributed by atoms with Crippen LogP contribution in [0.15, 0.2) is 12.2 Å². The van der Waals surface area contributed by atoms with E-state index >= 15 is 0 Å². The Bertz CT molecular complexity index is 152. The molecule has 0 amide bonds. The molecule has 0 saturated heterocycles. The Labute approximate surface area is 66.0 Å². The van der Waals surface area contributed by atoms with E-state index in [4.69, 9.17) is 0 Å². The Kier molecular flexibility index (Phi) is 4.50. The molecule has 2 nitrogen and oxygen atoms in total. The van der Waals surface area contributed by atoms with Crippen LogP contribution in [0.2, 0.25) is 0 Å². The quantitative estimate of drug-likeness (QED) is 0.465. The van der Waals surface area contributed by atoms with E-state index in [1.54, 1.807) is 0 Å². The van der Waals surface area contributed by atoms with Gasteiger partial charge in [-0.1, -0.05) is 19.9 Å². The van der Waals surface area contributed by atoms with Crippen molar-refractivity contribution in [3.63, 3.8) is 0 Å². The van der Waals surface area contributed by atoms with Crippen LogP contribution < -0.4 is 0 Å². The summed E-state index contributed by atoms with van der Waals surface area (Å²) in [7, 11) is 0. The van der Waals surface area contributed by atoms with Gasteiger partial charge in [0.25, 0.3) is 0 Å². The molecule has 1 atom stereocenters. The highest BCUT2D eigenvalue weighted by molar-refractivity contribution is 5.87. The summed E-state index contributed by atoms with van der Waals surface area (Å²) in [6, 6.07) is 0. The summed E-state index contributed by atoms with van der Waals surface area (Å²) in [4.78, 5) is 10.8. The number of alkyl halides is 1. The van der Waals surface area contributed by atoms with Gasteiger partial charge in [-0.05, 0) is 6.42 Å². The van der Waals surface area contributed by atoms with Crippen molar-refractivity contribution in [1.29, 1.82) is 0 Å². The van der Waals surface area contributed by atoms with E-state index in [1.807, 2.05) is 6.92 Å². The fourth-order valence-corrected chi connectivity index (χ4v) is 0.635. The topological polar surface area (TPSA) is 26.3 Å². The van der Waals surface area contributed by atoms with Gasteiger partial charge in [0.1, 0.15) is 0 Å². The molecule has 0 rings (SSSR count). The van der Waals surface area contributed by atoms with Crippen LogP contribution in [0.3, 0.4) is 0 Å². The monoisotopic (exact) mass is 160 g/mol. The van der Waals surface area contributed by atoms with Crippen molar-refractivity contribution >= 4 is 5.97 Å². The molecule has 0 aliphatic carbocycles. The van der Waals surface area contributed by atoms with Crippen LogP contribution in [0.4, 0.5) is 4.39 Å². The SMILES string of the molecule is C=C(CCC)C(=O)OC(C)F. The molecule has 0 aromatic heterocycles. The van der Waals surface area contributed by atoms with Crippen LogP contribution in [0.5, 0.6) is 0 Å². The van der Waals surface area contributed by atoms with Crippen LogP contribution in [0.1, 0.15) is 26.7 Å². The average molecular weight is 160 g/mol. The lowest BCUT2D eigenvalue weighted by Crippen LogP contribution is -2.11. The maximum atomic E-state index is 12.1. The maximum Gasteiger partial charge on any atom is 0.335 e. The Hall–Kier alpha value is -0.860. The fraction of sp³-hybridized carbons (Fsp3) is 0.625. The Morgan fingerprint density at radius 2 is 2.27 bits per heavy atom. The lowest BCUT2D eigenvalue weighted by atomic mass is 10.2. The van der Waals surface area contributed by atoms with Gasteiger partial charge < -0.3 is 4.74 Å². The standard InChI is InChI=1S/C8H13FO2/c1-4-5-6(2)8(10)11-7(3)9/h7H,2,4-5H2,1,3H3. The van der Waals surface area contributed by atoms with Gasteiger partial charge in [-0.2, -0.15) is 0 Å². The van der Waals surface area contributed by atoms with Gasteiger partial charge in [-0.25, -0.2) is 9.18 Å². The molecule has 0 spiro atoms. The summed E-state index contributed by atoms with van der Waals surface area (Å²) < 4.78 is 16.3. The first-order valence-corrected chi connectivity index (χ1v) is 3.60. The van der Waals surface area contributed by atoms with Crippen LogP contribution in [0, 0.1) is 0 Å². The third-order valence-corrected chi connectivity index (χ3v) is 1.11. The van der Waals surface area contributed by atoms with Crippen molar-refractivity contribution in [2.45, 2.75) is 33.0 Å². The average Bonchev–Trinajstić information content (AvgIpc) is 1.86. The molecule has 0 bridgehead atoms. The second-order valence-corrected chi connectivity index (χ2v) is 2.30. The molecule has 64 valence electrons. The third-order valence-electron chi connectivity index (χ3n) is 1.11. The van der Waals surface area contributed by atoms with E-state index in [0.29, 0.717) is 12.0 Å². The summed E-state index contributed by atoms with van der Waals surface area (Å²) in [6.45, 7) is 6.53. The van der Waals surface area contributed by atoms with E-state index in [9.17, 15) is 9.18 Å². The van der Waals surface area contributed by atoms with Gasteiger partial charge in [0, 0.05) is 12.5 Å². The van der Waals surface area contributed by atoms with Crippen molar-refractivity contribution < 1.29 is 13.9 Å². The zero-order chi connectivity index (χ0) is 8.85. The predicted molar refractivity (Wildman–Crippen MR) is 40.7 cm³/mol. The first kappa shape index (κ1) is 10.1. The van der Waals surface area contributed by atoms with Crippen molar-refractivity contribution in [1.82, 2.24) is 0 Å². The highest BCUT2D eigenvalue weighted by atomic mass is 19.1. The second-order valence-electron chi connectivity index (χ2n) is 2.30. The lowest BCUT2D eigenvalue weighted by Gasteiger charge is -2.05. The number of esters is 1. The molecule has 0 saturated carbocycles. The molecular formula is C8H13FO2. The second kappa shape index (κ2) is 4.88. The summed E-state index contributed by atoms with van der Waals surface area (Å²) >= 11 is 0. The number of hydrogen-bond acceptors (Lipinski definition) is 2. The summed E-state index contributed by atoms with van der Waals surface area (Å²) in [5.41, 5.74) is 0.331. The van der Waals surface area contributed by atoms with Gasteiger partial charge in [-0.3, -0.25) is 0 Å². The minimum absolute atomic E-state index is 0.331. The van der Waals surface area contributed by atoms with E-state index in [0.717, 1.165) is 13.3 Å². The first-order chi connectivity index (χ1) is 5.07. The zero-order valence-corrected chi connectivity index (χ0v) is 6.89. The zero-order valence-electron chi connectivity index (χ0n) is 6.89. The minimum Gasteiger partial charge on any atom is -0.428 e. The van der Waals surface area contributed by atoms with Gasteiger partial charge in [0.05, 0.1) is 0 Å². The van der Waals surface area contributed by atoms with Crippen LogP contribution in [0.25, 0.3) is 0 Å². The molecule has 0 aliphatic rings. The summed E-state index contributed by atoms with van der Waals surface area (Å²) in [5.74, 6) is -0.637. The first-order valence-electron chi connectivity index (χ1n) is 3.60. The van der Waals surface area contributed by atoms with Crippen molar-refractivity contribution in [3.05, 3.63) is 12.2 Å². The van der Waals surface area contributed by atoms with E-state index in [-0.39, 0.29) is 0 Å². The number of halogens is 1. The fourth-order valence-electron chi connectivity index (χ4n) is 0.635. The molecular weight excluding hydrogens is 147 g/mol. The van der Waals surface area contributed by atoms with Gasteiger partial charge in [0.2, 0.25) is 6.36 Å². The highest BCUT2D eigenvalue weighted by Gasteiger charge is 2.10. The summed E-state index contributed by atoms with van der Waals surface area (Å²) in [6.07, 6.45) is -0.170. The number of carbonyl (C=O) groups excluding carboxylic acids is 1. The molecule has 0 heterocycles. The molecule has 3 heteroatoms. The lowest BCUT2D eigenvalue weighted by molar-refractivity contribution is -0.151. The Morgan fingerprint density at radius 3 is 2.64 bits per heavy atom. The molecule has 0 aromatic carbocycles. The smallest absolute Gasteiger partial charge is 0.335 e. The Morgan fingerprint density at radius 1 is 1.73 bits per heavy atom.